The molecule has 0 saturated heterocycles. The number of nitrogens with zero attached hydrogens (tertiary/aromatic N) is 1. The first kappa shape index (κ1) is 34.2. The first-order valence-corrected chi connectivity index (χ1v) is 13.5. The second-order valence-corrected chi connectivity index (χ2v) is 10.9. The molecule has 3 atom stereocenters. The molecule has 0 radical (unpaired) electrons. The molecule has 0 aliphatic heterocycles. The van der Waals surface area contributed by atoms with Crippen LogP contribution in [0.15, 0.2) is 12.2 Å². The second-order valence-electron chi connectivity index (χ2n) is 9.50. The van der Waals surface area contributed by atoms with Crippen LogP contribution < -0.4 is 10.6 Å². The summed E-state index contributed by atoms with van der Waals surface area (Å²) < 4.78 is 22.0. The molecule has 0 saturated carbocycles. The highest BCUT2D eigenvalue weighted by atomic mass is 35.5. The zero-order valence-corrected chi connectivity index (χ0v) is 22.6. The molecule has 0 spiro atoms. The van der Waals surface area contributed by atoms with Crippen LogP contribution in [0.1, 0.15) is 84.0 Å². The van der Waals surface area contributed by atoms with Crippen LogP contribution in [-0.4, -0.2) is 62.6 Å². The van der Waals surface area contributed by atoms with Crippen molar-refractivity contribution in [1.29, 1.82) is 0 Å². The van der Waals surface area contributed by atoms with Gasteiger partial charge in [-0.3, -0.25) is 4.57 Å². The molecule has 0 rings (SSSR count). The van der Waals surface area contributed by atoms with Gasteiger partial charge in [0.15, 0.2) is 0 Å². The molecular formula is C23H50ClN2O5P. The van der Waals surface area contributed by atoms with Gasteiger partial charge in [0.2, 0.25) is 0 Å². The maximum Gasteiger partial charge on any atom is 0.268 e. The maximum atomic E-state index is 11.8. The smallest absolute Gasteiger partial charge is 0.268 e. The quantitative estimate of drug-likeness (QED) is 0.104. The van der Waals surface area contributed by atoms with Crippen molar-refractivity contribution in [3.63, 3.8) is 0 Å². The number of phosphoric ester groups is 1. The van der Waals surface area contributed by atoms with Crippen LogP contribution in [0, 0.1) is 0 Å². The van der Waals surface area contributed by atoms with Crippen molar-refractivity contribution >= 4 is 20.2 Å². The Bertz CT molecular complexity index is 503. The van der Waals surface area contributed by atoms with Crippen molar-refractivity contribution in [3.8, 4) is 0 Å². The maximum absolute atomic E-state index is 11.8. The summed E-state index contributed by atoms with van der Waals surface area (Å²) in [5.41, 5.74) is 5.82. The standard InChI is InChI=1S/C23H49N2O5P.ClH/c1-5-6-7-8-9-10-11-12-13-14-15-16-17-18-23(26)22(24)21-30-31(27,28)29-20-19-25(2,3)4;/h17-18,22-23,26H,5-16,19-21,24H2,1-4H3;1H/b18-17+;/t22-,23+;/m0./s1. The van der Waals surface area contributed by atoms with E-state index in [2.05, 4.69) is 6.92 Å². The lowest BCUT2D eigenvalue weighted by atomic mass is 10.0. The Kier molecular flexibility index (Phi) is 21.8. The van der Waals surface area contributed by atoms with E-state index in [0.717, 1.165) is 12.8 Å². The number of halogens is 1. The van der Waals surface area contributed by atoms with Crippen LogP contribution >= 0.6 is 20.2 Å². The largest absolute Gasteiger partial charge is 0.756 e. The van der Waals surface area contributed by atoms with E-state index in [0.29, 0.717) is 11.0 Å². The Morgan fingerprint density at radius 2 is 1.47 bits per heavy atom. The molecule has 0 fully saturated rings. The normalized spacial score (nSPS) is 16.0. The van der Waals surface area contributed by atoms with E-state index in [4.69, 9.17) is 14.8 Å². The fourth-order valence-electron chi connectivity index (χ4n) is 3.04. The van der Waals surface area contributed by atoms with Crippen LogP contribution in [0.3, 0.4) is 0 Å². The highest BCUT2D eigenvalue weighted by Crippen LogP contribution is 2.38. The SMILES string of the molecule is CCCCCCCCCCCCC/C=C/[C@@H](O)[C@@H](N)COP(=O)([O-])OCC[N+](C)(C)C.Cl. The lowest BCUT2D eigenvalue weighted by Gasteiger charge is -2.28. The van der Waals surface area contributed by atoms with Gasteiger partial charge < -0.3 is 29.3 Å². The highest BCUT2D eigenvalue weighted by molar-refractivity contribution is 7.45. The fraction of sp³-hybridized carbons (Fsp3) is 0.913. The molecule has 0 aromatic heterocycles. The lowest BCUT2D eigenvalue weighted by molar-refractivity contribution is -0.870. The molecule has 0 aliphatic rings. The van der Waals surface area contributed by atoms with Crippen molar-refractivity contribution < 1.29 is 28.1 Å². The Morgan fingerprint density at radius 1 is 0.969 bits per heavy atom. The zero-order chi connectivity index (χ0) is 23.6. The molecule has 0 aromatic rings. The third-order valence-electron chi connectivity index (χ3n) is 5.18. The van der Waals surface area contributed by atoms with Crippen molar-refractivity contribution in [3.05, 3.63) is 12.2 Å². The van der Waals surface area contributed by atoms with E-state index in [9.17, 15) is 14.6 Å². The van der Waals surface area contributed by atoms with E-state index in [-0.39, 0.29) is 25.6 Å². The second kappa shape index (κ2) is 20.4. The minimum atomic E-state index is -4.41. The van der Waals surface area contributed by atoms with Gasteiger partial charge in [0.1, 0.15) is 13.2 Å². The van der Waals surface area contributed by atoms with E-state index < -0.39 is 20.0 Å². The van der Waals surface area contributed by atoms with Crippen LogP contribution in [0.5, 0.6) is 0 Å². The summed E-state index contributed by atoms with van der Waals surface area (Å²) >= 11 is 0. The third-order valence-corrected chi connectivity index (χ3v) is 6.15. The number of rotatable bonds is 21. The summed E-state index contributed by atoms with van der Waals surface area (Å²) in [6.45, 7) is 2.51. The molecule has 9 heteroatoms. The van der Waals surface area contributed by atoms with Crippen LogP contribution in [0.25, 0.3) is 0 Å². The average Bonchev–Trinajstić information content (AvgIpc) is 2.68. The minimum absolute atomic E-state index is 0. The topological polar surface area (TPSA) is 105 Å². The highest BCUT2D eigenvalue weighted by Gasteiger charge is 2.18. The van der Waals surface area contributed by atoms with E-state index in [1.165, 1.54) is 64.2 Å². The molecule has 0 amide bonds. The van der Waals surface area contributed by atoms with E-state index in [1.807, 2.05) is 27.2 Å². The molecule has 0 aliphatic carbocycles. The van der Waals surface area contributed by atoms with Gasteiger partial charge in [-0.1, -0.05) is 83.3 Å². The number of allylic oxidation sites excluding steroid dienone is 1. The molecular weight excluding hydrogens is 451 g/mol. The zero-order valence-electron chi connectivity index (χ0n) is 20.9. The number of unbranched alkanes of at least 4 members (excludes halogenated alkanes) is 11. The number of nitrogens with two attached hydrogens (primary N) is 1. The average molecular weight is 501 g/mol. The molecule has 7 nitrogen and oxygen atoms in total. The molecule has 1 unspecified atom stereocenters. The van der Waals surface area contributed by atoms with Gasteiger partial charge in [0.25, 0.3) is 7.82 Å². The summed E-state index contributed by atoms with van der Waals surface area (Å²) in [5.74, 6) is 0. The van der Waals surface area contributed by atoms with Gasteiger partial charge in [-0.05, 0) is 12.8 Å². The number of aliphatic hydroxyl groups is 1. The summed E-state index contributed by atoms with van der Waals surface area (Å²) in [4.78, 5) is 11.8. The molecule has 0 heterocycles. The monoisotopic (exact) mass is 500 g/mol. The Hall–Kier alpha value is 0.0200. The van der Waals surface area contributed by atoms with Gasteiger partial charge in [0, 0.05) is 0 Å². The number of phosphoric acid groups is 1. The minimum Gasteiger partial charge on any atom is -0.756 e. The predicted octanol–water partition coefficient (Wildman–Crippen LogP) is 4.56. The van der Waals surface area contributed by atoms with Crippen molar-refractivity contribution in [2.24, 2.45) is 5.73 Å². The summed E-state index contributed by atoms with van der Waals surface area (Å²) in [5, 5.41) is 10.0. The first-order chi connectivity index (χ1) is 14.6. The molecule has 3 N–H and O–H groups in total. The third kappa shape index (κ3) is 23.2. The fourth-order valence-corrected chi connectivity index (χ4v) is 3.78. The molecule has 0 bridgehead atoms. The van der Waals surface area contributed by atoms with Crippen molar-refractivity contribution in [1.82, 2.24) is 0 Å². The predicted molar refractivity (Wildman–Crippen MR) is 134 cm³/mol. The molecule has 32 heavy (non-hydrogen) atoms. The Balaban J connectivity index is 0. The summed E-state index contributed by atoms with van der Waals surface area (Å²) in [6, 6.07) is -0.821. The number of hydrogen-bond donors (Lipinski definition) is 2. The van der Waals surface area contributed by atoms with Gasteiger partial charge in [-0.25, -0.2) is 0 Å². The van der Waals surface area contributed by atoms with E-state index in [1.54, 1.807) is 6.08 Å². The van der Waals surface area contributed by atoms with Crippen molar-refractivity contribution in [2.75, 3.05) is 40.9 Å². The lowest BCUT2D eigenvalue weighted by Crippen LogP contribution is -2.39. The first-order valence-electron chi connectivity index (χ1n) is 12.1. The van der Waals surface area contributed by atoms with Crippen molar-refractivity contribution in [2.45, 2.75) is 96.1 Å². The summed E-state index contributed by atoms with van der Waals surface area (Å²) in [6.07, 6.45) is 17.8. The number of likely N-dealkylation sites (N-methyl/N-ethyl adjacent to an activating group) is 1. The van der Waals surface area contributed by atoms with E-state index >= 15 is 0 Å². The Morgan fingerprint density at radius 3 is 1.97 bits per heavy atom. The van der Waals surface area contributed by atoms with Crippen LogP contribution in [0.4, 0.5) is 0 Å². The van der Waals surface area contributed by atoms with Crippen LogP contribution in [0.2, 0.25) is 0 Å². The number of hydrogen-bond acceptors (Lipinski definition) is 6. The van der Waals surface area contributed by atoms with Gasteiger partial charge in [-0.15, -0.1) is 12.4 Å². The Labute approximate surface area is 203 Å². The van der Waals surface area contributed by atoms with Crippen LogP contribution in [-0.2, 0) is 13.6 Å². The van der Waals surface area contributed by atoms with Gasteiger partial charge >= 0.3 is 0 Å². The summed E-state index contributed by atoms with van der Waals surface area (Å²) in [7, 11) is 1.41. The van der Waals surface area contributed by atoms with Gasteiger partial charge in [-0.2, -0.15) is 0 Å². The number of aliphatic hydroxyl groups excluding tert-OH is 1. The van der Waals surface area contributed by atoms with Gasteiger partial charge in [0.05, 0.1) is 39.9 Å². The number of quaternary nitrogens is 1. The molecule has 0 aromatic carbocycles. The molecule has 194 valence electrons.